The molecular formula is C19H30N2O2. The predicted molar refractivity (Wildman–Crippen MR) is 93.5 cm³/mol. The zero-order valence-electron chi connectivity index (χ0n) is 15.0. The Bertz CT molecular complexity index is 536. The second-order valence-corrected chi connectivity index (χ2v) is 7.66. The number of nitrogens with one attached hydrogen (secondary N) is 2. The molecule has 0 aliphatic heterocycles. The molecule has 4 nitrogen and oxygen atoms in total. The summed E-state index contributed by atoms with van der Waals surface area (Å²) in [7, 11) is 0. The van der Waals surface area contributed by atoms with E-state index in [1.54, 1.807) is 0 Å². The molecular weight excluding hydrogens is 288 g/mol. The molecule has 0 saturated heterocycles. The van der Waals surface area contributed by atoms with Crippen molar-refractivity contribution in [1.82, 2.24) is 10.6 Å². The van der Waals surface area contributed by atoms with Crippen LogP contribution in [-0.4, -0.2) is 23.8 Å². The van der Waals surface area contributed by atoms with Crippen LogP contribution in [0, 0.1) is 6.92 Å². The molecule has 1 aliphatic carbocycles. The number of aryl methyl sites for hydroxylation is 1. The fourth-order valence-corrected chi connectivity index (χ4v) is 3.13. The molecule has 23 heavy (non-hydrogen) atoms. The van der Waals surface area contributed by atoms with Gasteiger partial charge in [-0.2, -0.15) is 0 Å². The van der Waals surface area contributed by atoms with Gasteiger partial charge in [0.05, 0.1) is 0 Å². The van der Waals surface area contributed by atoms with Crippen LogP contribution in [-0.2, 0) is 4.74 Å². The average molecular weight is 318 g/mol. The van der Waals surface area contributed by atoms with E-state index in [2.05, 4.69) is 48.7 Å². The molecule has 4 heteroatoms. The molecule has 1 aromatic rings. The van der Waals surface area contributed by atoms with Crippen molar-refractivity contribution in [3.05, 3.63) is 35.4 Å². The molecule has 0 radical (unpaired) electrons. The molecule has 0 bridgehead atoms. The van der Waals surface area contributed by atoms with Crippen LogP contribution in [0.25, 0.3) is 0 Å². The number of carbonyl (C=O) groups excluding carboxylic acids is 1. The first-order chi connectivity index (χ1) is 10.7. The van der Waals surface area contributed by atoms with Gasteiger partial charge in [-0.15, -0.1) is 0 Å². The maximum absolute atomic E-state index is 11.8. The maximum atomic E-state index is 11.8. The Morgan fingerprint density at radius 2 is 1.96 bits per heavy atom. The molecule has 1 fully saturated rings. The molecule has 2 unspecified atom stereocenters. The maximum Gasteiger partial charge on any atom is 0.407 e. The molecule has 1 aromatic carbocycles. The van der Waals surface area contributed by atoms with Gasteiger partial charge in [0, 0.05) is 18.1 Å². The van der Waals surface area contributed by atoms with E-state index in [1.165, 1.54) is 11.1 Å². The summed E-state index contributed by atoms with van der Waals surface area (Å²) in [6, 6.07) is 9.56. The van der Waals surface area contributed by atoms with Crippen LogP contribution in [0.3, 0.4) is 0 Å². The highest BCUT2D eigenvalue weighted by atomic mass is 16.6. The second kappa shape index (κ2) is 7.35. The Morgan fingerprint density at radius 3 is 2.61 bits per heavy atom. The first kappa shape index (κ1) is 17.8. The largest absolute Gasteiger partial charge is 0.444 e. The molecule has 0 aromatic heterocycles. The fraction of sp³-hybridized carbons (Fsp3) is 0.632. The standard InChI is InChI=1S/C19H30N2O2/c1-13-7-6-8-15(11-13)14(2)20-16-9-10-17(12-16)21-18(22)23-19(3,4)5/h6-8,11,14,16-17,20H,9-10,12H2,1-5H3,(H,21,22)/t14-,16?,17?/m1/s1. The van der Waals surface area contributed by atoms with Crippen molar-refractivity contribution in [2.45, 2.75) is 77.6 Å². The van der Waals surface area contributed by atoms with Gasteiger partial charge in [-0.3, -0.25) is 0 Å². The average Bonchev–Trinajstić information content (AvgIpc) is 2.83. The number of carbonyl (C=O) groups is 1. The molecule has 3 atom stereocenters. The van der Waals surface area contributed by atoms with Crippen molar-refractivity contribution in [3.63, 3.8) is 0 Å². The number of hydrogen-bond acceptors (Lipinski definition) is 3. The van der Waals surface area contributed by atoms with Crippen molar-refractivity contribution in [3.8, 4) is 0 Å². The highest BCUT2D eigenvalue weighted by Crippen LogP contribution is 2.23. The Balaban J connectivity index is 1.80. The van der Waals surface area contributed by atoms with Crippen LogP contribution in [0.4, 0.5) is 4.79 Å². The zero-order chi connectivity index (χ0) is 17.0. The smallest absolute Gasteiger partial charge is 0.407 e. The topological polar surface area (TPSA) is 50.4 Å². The number of ether oxygens (including phenoxy) is 1. The lowest BCUT2D eigenvalue weighted by molar-refractivity contribution is 0.0505. The van der Waals surface area contributed by atoms with Crippen molar-refractivity contribution < 1.29 is 9.53 Å². The molecule has 2 N–H and O–H groups in total. The minimum Gasteiger partial charge on any atom is -0.444 e. The van der Waals surface area contributed by atoms with Crippen molar-refractivity contribution in [1.29, 1.82) is 0 Å². The summed E-state index contributed by atoms with van der Waals surface area (Å²) in [4.78, 5) is 11.8. The van der Waals surface area contributed by atoms with Gasteiger partial charge in [-0.1, -0.05) is 29.8 Å². The summed E-state index contributed by atoms with van der Waals surface area (Å²) < 4.78 is 5.33. The SMILES string of the molecule is Cc1cccc([C@@H](C)NC2CCC(NC(=O)OC(C)(C)C)C2)c1. The van der Waals surface area contributed by atoms with Crippen LogP contribution >= 0.6 is 0 Å². The number of rotatable bonds is 4. The Kier molecular flexibility index (Phi) is 5.69. The molecule has 1 amide bonds. The van der Waals surface area contributed by atoms with Crippen LogP contribution in [0.5, 0.6) is 0 Å². The number of hydrogen-bond donors (Lipinski definition) is 2. The minimum atomic E-state index is -0.444. The highest BCUT2D eigenvalue weighted by Gasteiger charge is 2.28. The van der Waals surface area contributed by atoms with E-state index in [0.29, 0.717) is 12.1 Å². The highest BCUT2D eigenvalue weighted by molar-refractivity contribution is 5.68. The number of amides is 1. The van der Waals surface area contributed by atoms with Crippen molar-refractivity contribution >= 4 is 6.09 Å². The van der Waals surface area contributed by atoms with E-state index in [1.807, 2.05) is 20.8 Å². The van der Waals surface area contributed by atoms with Gasteiger partial charge in [0.25, 0.3) is 0 Å². The van der Waals surface area contributed by atoms with E-state index in [-0.39, 0.29) is 12.1 Å². The summed E-state index contributed by atoms with van der Waals surface area (Å²) in [6.07, 6.45) is 2.72. The van der Waals surface area contributed by atoms with Gasteiger partial charge < -0.3 is 15.4 Å². The third-order valence-electron chi connectivity index (χ3n) is 4.18. The number of alkyl carbamates (subject to hydrolysis) is 1. The van der Waals surface area contributed by atoms with E-state index >= 15 is 0 Å². The van der Waals surface area contributed by atoms with Crippen LogP contribution < -0.4 is 10.6 Å². The van der Waals surface area contributed by atoms with Crippen molar-refractivity contribution in [2.24, 2.45) is 0 Å². The lowest BCUT2D eigenvalue weighted by atomic mass is 10.0. The first-order valence-electron chi connectivity index (χ1n) is 8.55. The van der Waals surface area contributed by atoms with Crippen molar-refractivity contribution in [2.75, 3.05) is 0 Å². The second-order valence-electron chi connectivity index (χ2n) is 7.66. The van der Waals surface area contributed by atoms with E-state index in [4.69, 9.17) is 4.74 Å². The van der Waals surface area contributed by atoms with E-state index in [0.717, 1.165) is 19.3 Å². The summed E-state index contributed by atoms with van der Waals surface area (Å²) in [5.41, 5.74) is 2.15. The van der Waals surface area contributed by atoms with Gasteiger partial charge >= 0.3 is 6.09 Å². The molecule has 1 aliphatic rings. The van der Waals surface area contributed by atoms with E-state index < -0.39 is 5.60 Å². The lowest BCUT2D eigenvalue weighted by Gasteiger charge is -2.22. The molecule has 128 valence electrons. The Labute approximate surface area is 140 Å². The monoisotopic (exact) mass is 318 g/mol. The van der Waals surface area contributed by atoms with E-state index in [9.17, 15) is 4.79 Å². The zero-order valence-corrected chi connectivity index (χ0v) is 15.0. The molecule has 1 saturated carbocycles. The lowest BCUT2D eigenvalue weighted by Crippen LogP contribution is -2.39. The predicted octanol–water partition coefficient (Wildman–Crippen LogP) is 4.09. The third-order valence-corrected chi connectivity index (χ3v) is 4.18. The normalized spacial score (nSPS) is 22.7. The van der Waals surface area contributed by atoms with Crippen LogP contribution in [0.2, 0.25) is 0 Å². The Hall–Kier alpha value is -1.55. The summed E-state index contributed by atoms with van der Waals surface area (Å²) in [5, 5.41) is 6.67. The fourth-order valence-electron chi connectivity index (χ4n) is 3.13. The van der Waals surface area contributed by atoms with Gasteiger partial charge in [0.15, 0.2) is 0 Å². The third kappa shape index (κ3) is 5.87. The Morgan fingerprint density at radius 1 is 1.26 bits per heavy atom. The quantitative estimate of drug-likeness (QED) is 0.879. The number of benzene rings is 1. The molecule has 2 rings (SSSR count). The van der Waals surface area contributed by atoms with Gasteiger partial charge in [-0.25, -0.2) is 4.79 Å². The molecule has 0 spiro atoms. The summed E-state index contributed by atoms with van der Waals surface area (Å²) in [6.45, 7) is 9.97. The van der Waals surface area contributed by atoms with Gasteiger partial charge in [-0.05, 0) is 59.4 Å². The van der Waals surface area contributed by atoms with Crippen LogP contribution in [0.15, 0.2) is 24.3 Å². The summed E-state index contributed by atoms with van der Waals surface area (Å²) >= 11 is 0. The van der Waals surface area contributed by atoms with Crippen LogP contribution in [0.1, 0.15) is 64.1 Å². The van der Waals surface area contributed by atoms with Gasteiger partial charge in [0.2, 0.25) is 0 Å². The summed E-state index contributed by atoms with van der Waals surface area (Å²) in [5.74, 6) is 0. The molecule has 0 heterocycles. The minimum absolute atomic E-state index is 0.201. The van der Waals surface area contributed by atoms with Gasteiger partial charge in [0.1, 0.15) is 5.60 Å². The first-order valence-corrected chi connectivity index (χ1v) is 8.55.